The van der Waals surface area contributed by atoms with E-state index < -0.39 is 50.3 Å². The predicted octanol–water partition coefficient (Wildman–Crippen LogP) is 0.172. The van der Waals surface area contributed by atoms with Crippen LogP contribution in [0, 0.1) is 0 Å². The fraction of sp³-hybridized carbons (Fsp3) is 1.00. The van der Waals surface area contributed by atoms with Crippen molar-refractivity contribution in [1.82, 2.24) is 0 Å². The van der Waals surface area contributed by atoms with Crippen LogP contribution < -0.4 is 0 Å². The van der Waals surface area contributed by atoms with Crippen molar-refractivity contribution in [3.8, 4) is 0 Å². The van der Waals surface area contributed by atoms with E-state index in [1.807, 2.05) is 0 Å². The Bertz CT molecular complexity index is 163. The van der Waals surface area contributed by atoms with Crippen LogP contribution in [0.1, 0.15) is 40.5 Å². The standard InChI is InChI=1S/2C5H10O2.4Tl.2H/c2*1-4(6)3-5(2)7;;;;;;/h2*4-5H,3H2,1-2H3;;;;;;/q2*-2;;;2*+2;;. The van der Waals surface area contributed by atoms with Crippen molar-refractivity contribution in [3.63, 3.8) is 0 Å². The molecule has 4 nitrogen and oxygen atoms in total. The number of rotatable bonds is 0. The molecule has 0 amide bonds. The Balaban J connectivity index is 0. The van der Waals surface area contributed by atoms with Crippen molar-refractivity contribution >= 4 is 105 Å². The molecule has 18 heavy (non-hydrogen) atoms. The van der Waals surface area contributed by atoms with Gasteiger partial charge in [-0.05, 0) is 0 Å². The summed E-state index contributed by atoms with van der Waals surface area (Å²) in [6, 6.07) is 0. The van der Waals surface area contributed by atoms with Crippen LogP contribution in [0.2, 0.25) is 0 Å². The van der Waals surface area contributed by atoms with Crippen LogP contribution in [0.25, 0.3) is 0 Å². The average Bonchev–Trinajstić information content (AvgIpc) is 2.15. The third-order valence-electron chi connectivity index (χ3n) is 2.74. The summed E-state index contributed by atoms with van der Waals surface area (Å²) in [5.74, 6) is 0. The summed E-state index contributed by atoms with van der Waals surface area (Å²) in [4.78, 5) is 0. The summed E-state index contributed by atoms with van der Waals surface area (Å²) in [7, 11) is 0. The zero-order chi connectivity index (χ0) is 12.0. The van der Waals surface area contributed by atoms with Gasteiger partial charge in [0.1, 0.15) is 0 Å². The fourth-order valence-electron chi connectivity index (χ4n) is 1.75. The zero-order valence-corrected chi connectivity index (χ0v) is 31.9. The van der Waals surface area contributed by atoms with Crippen LogP contribution in [0.5, 0.6) is 0 Å². The second kappa shape index (κ2) is 14.1. The van der Waals surface area contributed by atoms with E-state index in [1.165, 1.54) is 0 Å². The minimum Gasteiger partial charge on any atom is 0 e. The molecule has 1 saturated heterocycles. The molecule has 0 N–H and O–H groups in total. The Morgan fingerprint density at radius 2 is 0.833 bits per heavy atom. The third-order valence-corrected chi connectivity index (χ3v) is 13.7. The van der Waals surface area contributed by atoms with Gasteiger partial charge in [-0.15, -0.1) is 0 Å². The Labute approximate surface area is 177 Å². The first-order valence-corrected chi connectivity index (χ1v) is 15.0. The van der Waals surface area contributed by atoms with Gasteiger partial charge in [-0.2, -0.15) is 0 Å². The molecule has 0 aromatic heterocycles. The van der Waals surface area contributed by atoms with E-state index in [0.29, 0.717) is 0 Å². The maximum Gasteiger partial charge on any atom is 0 e. The Kier molecular flexibility index (Phi) is 18.7. The minimum atomic E-state index is -1.57. The van der Waals surface area contributed by atoms with Gasteiger partial charge >= 0.3 is 126 Å². The second-order valence-electron chi connectivity index (χ2n) is 4.62. The van der Waals surface area contributed by atoms with E-state index in [1.54, 1.807) is 0 Å². The molecule has 1 aliphatic rings. The molecule has 8 heteroatoms. The maximum absolute atomic E-state index is 5.79. The van der Waals surface area contributed by atoms with Crippen LogP contribution in [-0.4, -0.2) is 129 Å². The van der Waals surface area contributed by atoms with E-state index in [9.17, 15) is 0 Å². The van der Waals surface area contributed by atoms with Gasteiger partial charge in [0.25, 0.3) is 0 Å². The summed E-state index contributed by atoms with van der Waals surface area (Å²) in [5.41, 5.74) is 0. The van der Waals surface area contributed by atoms with Crippen molar-refractivity contribution in [3.05, 3.63) is 0 Å². The minimum absolute atomic E-state index is 0. The summed E-state index contributed by atoms with van der Waals surface area (Å²) < 4.78 is 23.2. The molecular weight excluding hydrogens is 1000 g/mol. The molecule has 1 aliphatic heterocycles. The Morgan fingerprint density at radius 3 is 1.06 bits per heavy atom. The van der Waals surface area contributed by atoms with Crippen LogP contribution in [0.3, 0.4) is 0 Å². The van der Waals surface area contributed by atoms with Gasteiger partial charge in [-0.25, -0.2) is 0 Å². The molecular formula is C10H22O4Tl4. The van der Waals surface area contributed by atoms with E-state index in [-0.39, 0.29) is 79.0 Å². The van der Waals surface area contributed by atoms with E-state index in [4.69, 9.17) is 10.7 Å². The first-order valence-electron chi connectivity index (χ1n) is 6.04. The van der Waals surface area contributed by atoms with Crippen molar-refractivity contribution in [1.29, 1.82) is 0 Å². The van der Waals surface area contributed by atoms with Gasteiger partial charge in [-0.1, -0.05) is 0 Å². The normalized spacial score (nSPS) is 34.4. The first-order chi connectivity index (χ1) is 7.58. The molecule has 98 valence electrons. The maximum atomic E-state index is 5.79. The van der Waals surface area contributed by atoms with Crippen LogP contribution in [0.15, 0.2) is 0 Å². The topological polar surface area (TPSA) is 36.9 Å². The summed E-state index contributed by atoms with van der Waals surface area (Å²) in [5, 5.41) is 0. The number of hydrogen-bond acceptors (Lipinski definition) is 4. The summed E-state index contributed by atoms with van der Waals surface area (Å²) in [6.45, 7) is 8.44. The molecule has 0 aromatic rings. The average molecular weight is 1020 g/mol. The van der Waals surface area contributed by atoms with Gasteiger partial charge in [-0.3, -0.25) is 0 Å². The number of hydrogen-bond donors (Lipinski definition) is 0. The predicted molar refractivity (Wildman–Crippen MR) is 77.2 cm³/mol. The zero-order valence-electron chi connectivity index (χ0n) is 11.9. The molecule has 4 atom stereocenters. The van der Waals surface area contributed by atoms with Crippen LogP contribution >= 0.6 is 0 Å². The largest absolute Gasteiger partial charge is 0 e. The van der Waals surface area contributed by atoms with Crippen LogP contribution in [0.4, 0.5) is 0 Å². The SMILES string of the molecule is CC1CC(C)[O][TlH][O]C(C)CC(C)[O][TlH][O]1.[Tl].[Tl]. The van der Waals surface area contributed by atoms with Crippen molar-refractivity contribution in [2.45, 2.75) is 65.0 Å². The molecule has 0 aromatic carbocycles. The van der Waals surface area contributed by atoms with Gasteiger partial charge in [0.2, 0.25) is 0 Å². The Hall–Kier alpha value is 3.53. The molecule has 2 radical (unpaired) electrons. The van der Waals surface area contributed by atoms with Crippen molar-refractivity contribution < 1.29 is 10.7 Å². The third kappa shape index (κ3) is 12.1. The van der Waals surface area contributed by atoms with Crippen molar-refractivity contribution in [2.75, 3.05) is 0 Å². The molecule has 0 bridgehead atoms. The van der Waals surface area contributed by atoms with Crippen molar-refractivity contribution in [2.24, 2.45) is 0 Å². The van der Waals surface area contributed by atoms with E-state index >= 15 is 0 Å². The fourth-order valence-corrected chi connectivity index (χ4v) is 8.09. The van der Waals surface area contributed by atoms with Gasteiger partial charge in [0.15, 0.2) is 0 Å². The molecule has 4 unspecified atom stereocenters. The molecule has 1 heterocycles. The van der Waals surface area contributed by atoms with Gasteiger partial charge in [0, 0.05) is 54.6 Å². The summed E-state index contributed by atoms with van der Waals surface area (Å²) in [6.07, 6.45) is 3.08. The molecule has 0 spiro atoms. The van der Waals surface area contributed by atoms with Crippen LogP contribution in [-0.2, 0) is 10.7 Å². The molecule has 1 fully saturated rings. The molecule has 0 saturated carbocycles. The van der Waals surface area contributed by atoms with E-state index in [0.717, 1.165) is 12.8 Å². The summed E-state index contributed by atoms with van der Waals surface area (Å²) >= 11 is -3.15. The quantitative estimate of drug-likeness (QED) is 0.325. The molecule has 1 rings (SSSR count). The Morgan fingerprint density at radius 1 is 0.611 bits per heavy atom. The molecule has 0 aliphatic carbocycles. The van der Waals surface area contributed by atoms with Gasteiger partial charge < -0.3 is 0 Å². The van der Waals surface area contributed by atoms with Gasteiger partial charge in [0.05, 0.1) is 0 Å². The monoisotopic (exact) mass is 1030 g/mol. The second-order valence-corrected chi connectivity index (χ2v) is 11.6. The first kappa shape index (κ1) is 23.8. The smallest absolute Gasteiger partial charge is 0 e. The van der Waals surface area contributed by atoms with E-state index in [2.05, 4.69) is 27.7 Å².